The minimum absolute atomic E-state index is 0.00446. The number of ether oxygens (including phenoxy) is 2. The predicted molar refractivity (Wildman–Crippen MR) is 155 cm³/mol. The van der Waals surface area contributed by atoms with E-state index in [9.17, 15) is 4.39 Å². The van der Waals surface area contributed by atoms with Gasteiger partial charge in [-0.25, -0.2) is 14.4 Å². The van der Waals surface area contributed by atoms with Crippen LogP contribution in [0.25, 0.3) is 0 Å². The van der Waals surface area contributed by atoms with Crippen LogP contribution in [-0.2, 0) is 24.0 Å². The molecule has 1 aromatic heterocycles. The molecule has 0 amide bonds. The molecular weight excluding hydrogens is 494 g/mol. The Morgan fingerprint density at radius 2 is 1.38 bits per heavy atom. The third-order valence-electron chi connectivity index (χ3n) is 7.82. The zero-order chi connectivity index (χ0) is 27.7. The van der Waals surface area contributed by atoms with E-state index in [0.29, 0.717) is 25.0 Å². The van der Waals surface area contributed by atoms with E-state index in [4.69, 9.17) is 9.47 Å². The minimum atomic E-state index is -0.862. The fourth-order valence-electron chi connectivity index (χ4n) is 5.35. The average Bonchev–Trinajstić information content (AvgIpc) is 2.96. The lowest BCUT2D eigenvalue weighted by Gasteiger charge is -2.25. The van der Waals surface area contributed by atoms with Gasteiger partial charge in [-0.15, -0.1) is 0 Å². The van der Waals surface area contributed by atoms with E-state index in [0.717, 1.165) is 81.5 Å². The van der Waals surface area contributed by atoms with Crippen molar-refractivity contribution in [2.45, 2.75) is 129 Å². The van der Waals surface area contributed by atoms with Crippen molar-refractivity contribution in [1.82, 2.24) is 9.97 Å². The topological polar surface area (TPSA) is 44.2 Å². The van der Waals surface area contributed by atoms with Crippen LogP contribution in [0.15, 0.2) is 18.5 Å². The van der Waals surface area contributed by atoms with Crippen LogP contribution in [-0.4, -0.2) is 29.8 Å². The summed E-state index contributed by atoms with van der Waals surface area (Å²) in [6, 6.07) is 1.71. The first-order valence-corrected chi connectivity index (χ1v) is 15.6. The Hall–Kier alpha value is -2.08. The molecule has 6 heteroatoms. The first-order valence-electron chi connectivity index (χ1n) is 15.6. The normalized spacial score (nSPS) is 14.9. The van der Waals surface area contributed by atoms with Crippen molar-refractivity contribution in [2.75, 3.05) is 19.8 Å². The zero-order valence-electron chi connectivity index (χ0n) is 24.4. The summed E-state index contributed by atoms with van der Waals surface area (Å²) < 4.78 is 41.2. The molecule has 0 fully saturated rings. The van der Waals surface area contributed by atoms with Crippen molar-refractivity contribution in [3.63, 3.8) is 0 Å². The maximum atomic E-state index is 15.0. The van der Waals surface area contributed by atoms with E-state index < -0.39 is 11.6 Å². The number of benzene rings is 1. The summed E-state index contributed by atoms with van der Waals surface area (Å²) in [5, 5.41) is 0. The molecule has 0 saturated heterocycles. The van der Waals surface area contributed by atoms with Gasteiger partial charge in [0.25, 0.3) is 0 Å². The van der Waals surface area contributed by atoms with Crippen LogP contribution in [0, 0.1) is 11.6 Å². The number of rotatable bonds is 20. The Kier molecular flexibility index (Phi) is 14.8. The molecule has 1 heterocycles. The van der Waals surface area contributed by atoms with Gasteiger partial charge in [0, 0.05) is 31.5 Å². The number of hydrogen-bond acceptors (Lipinski definition) is 4. The highest BCUT2D eigenvalue weighted by molar-refractivity contribution is 5.41. The quantitative estimate of drug-likeness (QED) is 0.156. The van der Waals surface area contributed by atoms with Crippen LogP contribution in [0.5, 0.6) is 5.75 Å². The lowest BCUT2D eigenvalue weighted by atomic mass is 9.83. The smallest absolute Gasteiger partial charge is 0.200 e. The fraction of sp³-hybridized carbons (Fsp3) is 0.697. The molecule has 39 heavy (non-hydrogen) atoms. The highest BCUT2D eigenvalue weighted by Crippen LogP contribution is 2.36. The summed E-state index contributed by atoms with van der Waals surface area (Å²) in [6.07, 6.45) is 21.7. The molecule has 0 saturated carbocycles. The lowest BCUT2D eigenvalue weighted by molar-refractivity contribution is 0.126. The molecule has 2 aromatic rings. The molecule has 1 atom stereocenters. The molecule has 1 unspecified atom stereocenters. The third kappa shape index (κ3) is 10.8. The summed E-state index contributed by atoms with van der Waals surface area (Å²) in [4.78, 5) is 9.22. The molecular formula is C33H50F2N2O2. The molecule has 0 N–H and O–H groups in total. The van der Waals surface area contributed by atoms with Gasteiger partial charge in [0.15, 0.2) is 11.6 Å². The largest absolute Gasteiger partial charge is 0.490 e. The van der Waals surface area contributed by atoms with E-state index in [1.807, 2.05) is 12.4 Å². The first kappa shape index (κ1) is 31.4. The van der Waals surface area contributed by atoms with Crippen LogP contribution < -0.4 is 4.74 Å². The van der Waals surface area contributed by atoms with Crippen LogP contribution in [0.1, 0.15) is 132 Å². The van der Waals surface area contributed by atoms with Gasteiger partial charge in [-0.05, 0) is 74.1 Å². The summed E-state index contributed by atoms with van der Waals surface area (Å²) in [6.45, 7) is 6.57. The Balaban J connectivity index is 1.40. The second kappa shape index (κ2) is 18.3. The van der Waals surface area contributed by atoms with Gasteiger partial charge >= 0.3 is 0 Å². The Morgan fingerprint density at radius 3 is 2.10 bits per heavy atom. The SMILES string of the molecule is CCCCCCCCOc1cc2c(c(F)c1F)CC(c1ncc(CCCCCOCCCCCC)cn1)CC2. The van der Waals surface area contributed by atoms with Gasteiger partial charge in [-0.3, -0.25) is 0 Å². The zero-order valence-corrected chi connectivity index (χ0v) is 24.4. The van der Waals surface area contributed by atoms with Gasteiger partial charge in [-0.1, -0.05) is 71.6 Å². The fourth-order valence-corrected chi connectivity index (χ4v) is 5.35. The number of aromatic nitrogens is 2. The number of nitrogens with zero attached hydrogens (tertiary/aromatic N) is 2. The molecule has 4 nitrogen and oxygen atoms in total. The highest BCUT2D eigenvalue weighted by atomic mass is 19.2. The summed E-state index contributed by atoms with van der Waals surface area (Å²) in [5.41, 5.74) is 2.43. The average molecular weight is 545 g/mol. The van der Waals surface area contributed by atoms with Crippen molar-refractivity contribution in [3.05, 3.63) is 52.6 Å². The molecule has 0 bridgehead atoms. The highest BCUT2D eigenvalue weighted by Gasteiger charge is 2.28. The minimum Gasteiger partial charge on any atom is -0.490 e. The van der Waals surface area contributed by atoms with Crippen molar-refractivity contribution in [2.24, 2.45) is 0 Å². The van der Waals surface area contributed by atoms with Crippen LogP contribution in [0.2, 0.25) is 0 Å². The third-order valence-corrected chi connectivity index (χ3v) is 7.82. The monoisotopic (exact) mass is 544 g/mol. The molecule has 1 aliphatic rings. The van der Waals surface area contributed by atoms with Gasteiger partial charge in [0.1, 0.15) is 5.82 Å². The molecule has 1 aliphatic carbocycles. The van der Waals surface area contributed by atoms with Crippen molar-refractivity contribution < 1.29 is 18.3 Å². The molecule has 0 aliphatic heterocycles. The van der Waals surface area contributed by atoms with Crippen LogP contribution in [0.4, 0.5) is 8.78 Å². The van der Waals surface area contributed by atoms with Crippen molar-refractivity contribution in [3.8, 4) is 5.75 Å². The van der Waals surface area contributed by atoms with Crippen LogP contribution in [0.3, 0.4) is 0 Å². The molecule has 1 aromatic carbocycles. The van der Waals surface area contributed by atoms with Gasteiger partial charge in [0.05, 0.1) is 6.61 Å². The Labute approximate surface area is 235 Å². The van der Waals surface area contributed by atoms with Gasteiger partial charge in [0.2, 0.25) is 5.82 Å². The van der Waals surface area contributed by atoms with E-state index >= 15 is 4.39 Å². The Bertz CT molecular complexity index is 952. The van der Waals surface area contributed by atoms with Crippen molar-refractivity contribution >= 4 is 0 Å². The molecule has 218 valence electrons. The molecule has 0 radical (unpaired) electrons. The van der Waals surface area contributed by atoms with E-state index in [1.54, 1.807) is 6.07 Å². The Morgan fingerprint density at radius 1 is 0.769 bits per heavy atom. The maximum absolute atomic E-state index is 15.0. The number of halogens is 2. The second-order valence-electron chi connectivity index (χ2n) is 11.1. The van der Waals surface area contributed by atoms with Crippen molar-refractivity contribution in [1.29, 1.82) is 0 Å². The summed E-state index contributed by atoms with van der Waals surface area (Å²) >= 11 is 0. The van der Waals surface area contributed by atoms with E-state index in [-0.39, 0.29) is 11.7 Å². The number of fused-ring (bicyclic) bond motifs is 1. The number of unbranched alkanes of at least 4 members (excludes halogenated alkanes) is 10. The van der Waals surface area contributed by atoms with Gasteiger partial charge in [-0.2, -0.15) is 4.39 Å². The van der Waals surface area contributed by atoms with Crippen LogP contribution >= 0.6 is 0 Å². The summed E-state index contributed by atoms with van der Waals surface area (Å²) in [7, 11) is 0. The molecule has 0 spiro atoms. The predicted octanol–water partition coefficient (Wildman–Crippen LogP) is 9.08. The summed E-state index contributed by atoms with van der Waals surface area (Å²) in [5.74, 6) is -0.846. The first-order chi connectivity index (χ1) is 19.1. The molecule has 3 rings (SSSR count). The number of hydrogen-bond donors (Lipinski definition) is 0. The van der Waals surface area contributed by atoms with E-state index in [2.05, 4.69) is 23.8 Å². The maximum Gasteiger partial charge on any atom is 0.200 e. The van der Waals surface area contributed by atoms with Gasteiger partial charge < -0.3 is 9.47 Å². The number of aryl methyl sites for hydroxylation is 2. The standard InChI is InChI=1S/C33H50F2N2O2/c1-3-5-7-9-10-15-21-39-30-23-27-17-18-28(22-29(27)31(34)32(30)35)33-36-24-26(25-37-33)16-12-11-14-20-38-19-13-8-6-4-2/h23-25,28H,3-22H2,1-2H3. The van der Waals surface area contributed by atoms with E-state index in [1.165, 1.54) is 44.9 Å². The lowest BCUT2D eigenvalue weighted by Crippen LogP contribution is -2.18. The second-order valence-corrected chi connectivity index (χ2v) is 11.1.